The van der Waals surface area contributed by atoms with Crippen LogP contribution in [0.2, 0.25) is 0 Å². The van der Waals surface area contributed by atoms with Crippen LogP contribution in [0.3, 0.4) is 0 Å². The first-order chi connectivity index (χ1) is 14.2. The number of hydrogen-bond acceptors (Lipinski definition) is 4. The first-order valence-corrected chi connectivity index (χ1v) is 12.1. The van der Waals surface area contributed by atoms with Crippen LogP contribution in [0.1, 0.15) is 110 Å². The molecule has 2 aliphatic rings. The lowest BCUT2D eigenvalue weighted by Crippen LogP contribution is -2.63. The zero-order valence-electron chi connectivity index (χ0n) is 18.5. The molecule has 29 heavy (non-hydrogen) atoms. The Bertz CT molecular complexity index is 509. The van der Waals surface area contributed by atoms with Crippen molar-refractivity contribution in [3.8, 4) is 0 Å². The molecule has 0 aromatic rings. The number of amides is 3. The van der Waals surface area contributed by atoms with Gasteiger partial charge in [0.15, 0.2) is 6.17 Å². The molecule has 0 saturated carbocycles. The maximum atomic E-state index is 12.0. The quantitative estimate of drug-likeness (QED) is 0.329. The van der Waals surface area contributed by atoms with Gasteiger partial charge in [-0.1, -0.05) is 103 Å². The third kappa shape index (κ3) is 8.75. The van der Waals surface area contributed by atoms with Crippen LogP contribution in [-0.2, 0) is 4.79 Å². The summed E-state index contributed by atoms with van der Waals surface area (Å²) in [6, 6.07) is -0.730. The summed E-state index contributed by atoms with van der Waals surface area (Å²) < 4.78 is 0. The van der Waals surface area contributed by atoms with Gasteiger partial charge in [-0.25, -0.2) is 9.79 Å². The molecular formula is C23H42N4O2. The van der Waals surface area contributed by atoms with Crippen molar-refractivity contribution in [2.24, 2.45) is 4.99 Å². The molecule has 0 aromatic carbocycles. The molecule has 2 rings (SSSR count). The molecule has 6 heteroatoms. The summed E-state index contributed by atoms with van der Waals surface area (Å²) in [4.78, 5) is 29.7. The molecule has 0 aliphatic carbocycles. The molecule has 3 amide bonds. The van der Waals surface area contributed by atoms with Crippen molar-refractivity contribution in [2.75, 3.05) is 6.54 Å². The zero-order chi connectivity index (χ0) is 20.7. The number of carbonyl (C=O) groups is 2. The second-order valence-electron chi connectivity index (χ2n) is 8.63. The number of unbranched alkanes of at least 4 members (excludes halogenated alkanes) is 15. The van der Waals surface area contributed by atoms with Crippen molar-refractivity contribution in [1.29, 1.82) is 0 Å². The van der Waals surface area contributed by atoms with Gasteiger partial charge < -0.3 is 5.32 Å². The van der Waals surface area contributed by atoms with Gasteiger partial charge in [0.1, 0.15) is 6.04 Å². The number of urea groups is 1. The van der Waals surface area contributed by atoms with Gasteiger partial charge >= 0.3 is 6.03 Å². The summed E-state index contributed by atoms with van der Waals surface area (Å²) in [5, 5.41) is 5.33. The van der Waals surface area contributed by atoms with Crippen LogP contribution in [0.4, 0.5) is 4.79 Å². The molecule has 2 aliphatic heterocycles. The standard InChI is InChI=1S/C23H42N4O2/c1-2-3-4-5-6-7-8-9-10-11-12-13-14-15-16-17-18-27-21-20(24-19-25-21)22(28)26-23(27)29/h19-21H,2-18H2,1H3,(H,24,25)(H,26,28,29). The number of nitrogens with one attached hydrogen (secondary N) is 2. The first kappa shape index (κ1) is 23.7. The number of rotatable bonds is 17. The highest BCUT2D eigenvalue weighted by atomic mass is 16.2. The second-order valence-corrected chi connectivity index (χ2v) is 8.63. The van der Waals surface area contributed by atoms with Crippen molar-refractivity contribution >= 4 is 18.3 Å². The fraction of sp³-hybridized carbons (Fsp3) is 0.870. The van der Waals surface area contributed by atoms with Crippen LogP contribution in [0, 0.1) is 0 Å². The van der Waals surface area contributed by atoms with E-state index in [9.17, 15) is 9.59 Å². The normalized spacial score (nSPS) is 20.7. The minimum Gasteiger partial charge on any atom is -0.362 e. The van der Waals surface area contributed by atoms with Crippen LogP contribution >= 0.6 is 0 Å². The molecule has 6 nitrogen and oxygen atoms in total. The third-order valence-corrected chi connectivity index (χ3v) is 6.12. The SMILES string of the molecule is CCCCCCCCCCCCCCCCCCN1C(=O)NC(=O)C2NC=NC21. The lowest BCUT2D eigenvalue weighted by molar-refractivity contribution is -0.124. The third-order valence-electron chi connectivity index (χ3n) is 6.12. The Kier molecular flexibility index (Phi) is 11.8. The van der Waals surface area contributed by atoms with Gasteiger partial charge in [-0.05, 0) is 6.42 Å². The minimum atomic E-state index is -0.422. The van der Waals surface area contributed by atoms with E-state index >= 15 is 0 Å². The summed E-state index contributed by atoms with van der Waals surface area (Å²) in [6.45, 7) is 2.94. The molecule has 1 fully saturated rings. The Morgan fingerprint density at radius 3 is 1.79 bits per heavy atom. The molecule has 0 radical (unpaired) electrons. The largest absolute Gasteiger partial charge is 0.362 e. The van der Waals surface area contributed by atoms with Gasteiger partial charge in [-0.3, -0.25) is 15.0 Å². The monoisotopic (exact) mass is 406 g/mol. The van der Waals surface area contributed by atoms with Crippen molar-refractivity contribution in [1.82, 2.24) is 15.5 Å². The second kappa shape index (κ2) is 14.4. The van der Waals surface area contributed by atoms with Crippen LogP contribution in [-0.4, -0.2) is 41.9 Å². The van der Waals surface area contributed by atoms with Gasteiger partial charge in [0.25, 0.3) is 5.91 Å². The fourth-order valence-electron chi connectivity index (χ4n) is 4.28. The predicted molar refractivity (Wildman–Crippen MR) is 119 cm³/mol. The fourth-order valence-corrected chi connectivity index (χ4v) is 4.28. The van der Waals surface area contributed by atoms with E-state index in [-0.39, 0.29) is 18.1 Å². The van der Waals surface area contributed by atoms with Crippen LogP contribution < -0.4 is 10.6 Å². The van der Waals surface area contributed by atoms with E-state index < -0.39 is 6.04 Å². The molecule has 2 unspecified atom stereocenters. The Labute approximate surface area is 177 Å². The summed E-state index contributed by atoms with van der Waals surface area (Å²) in [5.41, 5.74) is 0. The Morgan fingerprint density at radius 1 is 0.793 bits per heavy atom. The van der Waals surface area contributed by atoms with Gasteiger partial charge in [0, 0.05) is 6.54 Å². The van der Waals surface area contributed by atoms with Crippen LogP contribution in [0.15, 0.2) is 4.99 Å². The van der Waals surface area contributed by atoms with Gasteiger partial charge in [-0.2, -0.15) is 0 Å². The zero-order valence-corrected chi connectivity index (χ0v) is 18.5. The van der Waals surface area contributed by atoms with E-state index in [4.69, 9.17) is 0 Å². The molecule has 1 saturated heterocycles. The topological polar surface area (TPSA) is 73.8 Å². The lowest BCUT2D eigenvalue weighted by atomic mass is 10.0. The van der Waals surface area contributed by atoms with Gasteiger partial charge in [0.05, 0.1) is 6.34 Å². The molecule has 0 aromatic heterocycles. The molecule has 0 bridgehead atoms. The van der Waals surface area contributed by atoms with Gasteiger partial charge in [0.2, 0.25) is 0 Å². The van der Waals surface area contributed by atoms with Gasteiger partial charge in [-0.15, -0.1) is 0 Å². The average molecular weight is 407 g/mol. The molecule has 2 heterocycles. The lowest BCUT2D eigenvalue weighted by Gasteiger charge is -2.34. The number of carbonyl (C=O) groups excluding carboxylic acids is 2. The highest BCUT2D eigenvalue weighted by molar-refractivity contribution is 6.02. The van der Waals surface area contributed by atoms with E-state index in [0.717, 1.165) is 12.8 Å². The van der Waals surface area contributed by atoms with E-state index in [2.05, 4.69) is 22.5 Å². The van der Waals surface area contributed by atoms with Crippen molar-refractivity contribution in [2.45, 2.75) is 122 Å². The van der Waals surface area contributed by atoms with Crippen molar-refractivity contribution < 1.29 is 9.59 Å². The predicted octanol–water partition coefficient (Wildman–Crippen LogP) is 5.13. The molecule has 2 atom stereocenters. The van der Waals surface area contributed by atoms with Crippen molar-refractivity contribution in [3.63, 3.8) is 0 Å². The highest BCUT2D eigenvalue weighted by Crippen LogP contribution is 2.18. The van der Waals surface area contributed by atoms with E-state index in [1.807, 2.05) is 0 Å². The van der Waals surface area contributed by atoms with E-state index in [1.54, 1.807) is 4.90 Å². The summed E-state index contributed by atoms with van der Waals surface area (Å²) >= 11 is 0. The van der Waals surface area contributed by atoms with E-state index in [1.165, 1.54) is 96.2 Å². The van der Waals surface area contributed by atoms with Crippen LogP contribution in [0.25, 0.3) is 0 Å². The van der Waals surface area contributed by atoms with Crippen LogP contribution in [0.5, 0.6) is 0 Å². The maximum absolute atomic E-state index is 12.0. The summed E-state index contributed by atoms with van der Waals surface area (Å²) in [5.74, 6) is -0.277. The number of hydrogen-bond donors (Lipinski definition) is 2. The number of nitrogens with zero attached hydrogens (tertiary/aromatic N) is 2. The minimum absolute atomic E-state index is 0.277. The number of imide groups is 1. The summed E-state index contributed by atoms with van der Waals surface area (Å²) in [7, 11) is 0. The number of fused-ring (bicyclic) bond motifs is 1. The molecule has 0 spiro atoms. The summed E-state index contributed by atoms with van der Waals surface area (Å²) in [6.07, 6.45) is 22.5. The van der Waals surface area contributed by atoms with E-state index in [0.29, 0.717) is 6.54 Å². The Morgan fingerprint density at radius 2 is 1.28 bits per heavy atom. The smallest absolute Gasteiger partial charge is 0.325 e. The molecule has 2 N–H and O–H groups in total. The average Bonchev–Trinajstić information content (AvgIpc) is 3.20. The first-order valence-electron chi connectivity index (χ1n) is 12.1. The Balaban J connectivity index is 1.36. The maximum Gasteiger partial charge on any atom is 0.325 e. The highest BCUT2D eigenvalue weighted by Gasteiger charge is 2.42. The molecular weight excluding hydrogens is 364 g/mol. The molecule has 166 valence electrons. The van der Waals surface area contributed by atoms with Crippen molar-refractivity contribution in [3.05, 3.63) is 0 Å². The number of aliphatic imine (C=N–C) groups is 1. The Hall–Kier alpha value is -1.59.